The molecule has 6 heteroatoms. The Morgan fingerprint density at radius 2 is 2.12 bits per heavy atom. The van der Waals surface area contributed by atoms with Crippen molar-refractivity contribution >= 4 is 15.7 Å². The number of rotatable bonds is 7. The van der Waals surface area contributed by atoms with Crippen LogP contribution in [0.15, 0.2) is 12.7 Å². The zero-order chi connectivity index (χ0) is 12.8. The van der Waals surface area contributed by atoms with Gasteiger partial charge in [0.2, 0.25) is 5.91 Å². The number of hydrogen-bond donors (Lipinski definition) is 2. The zero-order valence-electron chi connectivity index (χ0n) is 9.77. The molecule has 94 valence electrons. The molecule has 0 heterocycles. The van der Waals surface area contributed by atoms with Crippen LogP contribution in [0.4, 0.5) is 0 Å². The van der Waals surface area contributed by atoms with E-state index in [2.05, 4.69) is 11.9 Å². The van der Waals surface area contributed by atoms with E-state index in [0.717, 1.165) is 6.26 Å². The summed E-state index contributed by atoms with van der Waals surface area (Å²) in [6.45, 7) is 5.40. The molecule has 0 aromatic rings. The molecule has 0 fully saturated rings. The van der Waals surface area contributed by atoms with Gasteiger partial charge in [-0.3, -0.25) is 4.79 Å². The third kappa shape index (κ3) is 7.42. The molecule has 5 nitrogen and oxygen atoms in total. The number of nitrogens with two attached hydrogens (primary N) is 1. The summed E-state index contributed by atoms with van der Waals surface area (Å²) in [6, 6.07) is -0.809. The minimum Gasteiger partial charge on any atom is -0.352 e. The minimum absolute atomic E-state index is 0.0331. The lowest BCUT2D eigenvalue weighted by atomic mass is 10.2. The van der Waals surface area contributed by atoms with Crippen LogP contribution in [-0.4, -0.2) is 38.4 Å². The quantitative estimate of drug-likeness (QED) is 0.612. The van der Waals surface area contributed by atoms with Gasteiger partial charge in [-0.25, -0.2) is 8.42 Å². The Balaban J connectivity index is 4.04. The Labute approximate surface area is 97.0 Å². The molecule has 0 rings (SSSR count). The van der Waals surface area contributed by atoms with Crippen molar-refractivity contribution in [2.24, 2.45) is 5.73 Å². The van der Waals surface area contributed by atoms with Gasteiger partial charge in [-0.1, -0.05) is 6.08 Å². The topological polar surface area (TPSA) is 89.3 Å². The Kier molecular flexibility index (Phi) is 6.28. The number of carbonyl (C=O) groups is 1. The van der Waals surface area contributed by atoms with E-state index >= 15 is 0 Å². The van der Waals surface area contributed by atoms with Crippen molar-refractivity contribution in [1.29, 1.82) is 0 Å². The van der Waals surface area contributed by atoms with Crippen LogP contribution in [0, 0.1) is 0 Å². The average Bonchev–Trinajstić information content (AvgIpc) is 2.13. The first-order valence-corrected chi connectivity index (χ1v) is 7.17. The van der Waals surface area contributed by atoms with Crippen molar-refractivity contribution in [3.8, 4) is 0 Å². The van der Waals surface area contributed by atoms with Gasteiger partial charge in [0.1, 0.15) is 9.84 Å². The van der Waals surface area contributed by atoms with Crippen LogP contribution in [0.5, 0.6) is 0 Å². The van der Waals surface area contributed by atoms with Gasteiger partial charge in [0.15, 0.2) is 0 Å². The summed E-state index contributed by atoms with van der Waals surface area (Å²) in [6.07, 6.45) is 3.63. The maximum Gasteiger partial charge on any atom is 0.237 e. The smallest absolute Gasteiger partial charge is 0.237 e. The zero-order valence-corrected chi connectivity index (χ0v) is 10.6. The SMILES string of the molecule is C=CCC(C)NC(=O)C(N)CCS(C)(=O)=O. The largest absolute Gasteiger partial charge is 0.352 e. The lowest BCUT2D eigenvalue weighted by Crippen LogP contribution is -2.45. The number of carbonyl (C=O) groups excluding carboxylic acids is 1. The Morgan fingerprint density at radius 1 is 1.56 bits per heavy atom. The van der Waals surface area contributed by atoms with Gasteiger partial charge in [-0.15, -0.1) is 6.58 Å². The molecule has 16 heavy (non-hydrogen) atoms. The highest BCUT2D eigenvalue weighted by molar-refractivity contribution is 7.90. The van der Waals surface area contributed by atoms with E-state index < -0.39 is 15.9 Å². The van der Waals surface area contributed by atoms with Gasteiger partial charge in [0, 0.05) is 12.3 Å². The van der Waals surface area contributed by atoms with E-state index in [4.69, 9.17) is 5.73 Å². The molecule has 0 aliphatic carbocycles. The first kappa shape index (κ1) is 15.1. The first-order valence-electron chi connectivity index (χ1n) is 5.11. The standard InChI is InChI=1S/C10H20N2O3S/c1-4-5-8(2)12-10(13)9(11)6-7-16(3,14)15/h4,8-9H,1,5-7,11H2,2-3H3,(H,12,13). The molecule has 0 aliphatic heterocycles. The van der Waals surface area contributed by atoms with E-state index in [0.29, 0.717) is 6.42 Å². The van der Waals surface area contributed by atoms with E-state index in [1.807, 2.05) is 6.92 Å². The Bertz CT molecular complexity index is 338. The van der Waals surface area contributed by atoms with Crippen molar-refractivity contribution in [2.75, 3.05) is 12.0 Å². The fourth-order valence-corrected chi connectivity index (χ4v) is 1.81. The number of sulfone groups is 1. The third-order valence-electron chi connectivity index (χ3n) is 2.05. The predicted molar refractivity (Wildman–Crippen MR) is 64.7 cm³/mol. The van der Waals surface area contributed by atoms with Crippen LogP contribution in [0.2, 0.25) is 0 Å². The summed E-state index contributed by atoms with van der Waals surface area (Å²) >= 11 is 0. The van der Waals surface area contributed by atoms with Crippen molar-refractivity contribution in [3.63, 3.8) is 0 Å². The lowest BCUT2D eigenvalue weighted by Gasteiger charge is -2.15. The van der Waals surface area contributed by atoms with Gasteiger partial charge >= 0.3 is 0 Å². The number of hydrogen-bond acceptors (Lipinski definition) is 4. The van der Waals surface area contributed by atoms with E-state index in [9.17, 15) is 13.2 Å². The molecule has 0 aromatic carbocycles. The second-order valence-electron chi connectivity index (χ2n) is 3.96. The molecule has 2 atom stereocenters. The second kappa shape index (κ2) is 6.65. The Morgan fingerprint density at radius 3 is 2.56 bits per heavy atom. The van der Waals surface area contributed by atoms with Crippen molar-refractivity contribution in [1.82, 2.24) is 5.32 Å². The van der Waals surface area contributed by atoms with Crippen LogP contribution in [-0.2, 0) is 14.6 Å². The summed E-state index contributed by atoms with van der Waals surface area (Å²) in [7, 11) is -3.07. The monoisotopic (exact) mass is 248 g/mol. The summed E-state index contributed by atoms with van der Waals surface area (Å²) in [5.74, 6) is -0.393. The first-order chi connectivity index (χ1) is 7.26. The van der Waals surface area contributed by atoms with Gasteiger partial charge in [0.05, 0.1) is 11.8 Å². The molecule has 0 aromatic heterocycles. The summed E-state index contributed by atoms with van der Waals surface area (Å²) in [4.78, 5) is 11.5. The Hall–Kier alpha value is -0.880. The fourth-order valence-electron chi connectivity index (χ4n) is 1.13. The minimum atomic E-state index is -3.07. The maximum absolute atomic E-state index is 11.5. The van der Waals surface area contributed by atoms with Crippen LogP contribution in [0.1, 0.15) is 19.8 Å². The molecule has 0 aliphatic rings. The average molecular weight is 248 g/mol. The molecule has 0 radical (unpaired) electrons. The highest BCUT2D eigenvalue weighted by atomic mass is 32.2. The lowest BCUT2D eigenvalue weighted by molar-refractivity contribution is -0.122. The predicted octanol–water partition coefficient (Wildman–Crippen LogP) is -0.171. The van der Waals surface area contributed by atoms with Crippen LogP contribution in [0.25, 0.3) is 0 Å². The van der Waals surface area contributed by atoms with Crippen LogP contribution >= 0.6 is 0 Å². The molecular formula is C10H20N2O3S. The molecular weight excluding hydrogens is 228 g/mol. The van der Waals surface area contributed by atoms with Crippen molar-refractivity contribution < 1.29 is 13.2 Å². The maximum atomic E-state index is 11.5. The fraction of sp³-hybridized carbons (Fsp3) is 0.700. The van der Waals surface area contributed by atoms with Crippen LogP contribution in [0.3, 0.4) is 0 Å². The van der Waals surface area contributed by atoms with E-state index in [1.165, 1.54) is 0 Å². The highest BCUT2D eigenvalue weighted by Gasteiger charge is 2.17. The van der Waals surface area contributed by atoms with E-state index in [-0.39, 0.29) is 24.1 Å². The molecule has 1 amide bonds. The van der Waals surface area contributed by atoms with E-state index in [1.54, 1.807) is 6.08 Å². The molecule has 0 spiro atoms. The van der Waals surface area contributed by atoms with Crippen LogP contribution < -0.4 is 11.1 Å². The molecule has 3 N–H and O–H groups in total. The highest BCUT2D eigenvalue weighted by Crippen LogP contribution is 1.96. The van der Waals surface area contributed by atoms with Gasteiger partial charge in [-0.05, 0) is 19.8 Å². The summed E-state index contributed by atoms with van der Waals surface area (Å²) in [5, 5.41) is 2.69. The molecule has 2 unspecified atom stereocenters. The van der Waals surface area contributed by atoms with Gasteiger partial charge in [0.25, 0.3) is 0 Å². The summed E-state index contributed by atoms with van der Waals surface area (Å²) < 4.78 is 21.8. The summed E-state index contributed by atoms with van der Waals surface area (Å²) in [5.41, 5.74) is 5.57. The second-order valence-corrected chi connectivity index (χ2v) is 6.22. The molecule has 0 saturated heterocycles. The third-order valence-corrected chi connectivity index (χ3v) is 3.02. The number of nitrogens with one attached hydrogen (secondary N) is 1. The normalized spacial score (nSPS) is 15.2. The van der Waals surface area contributed by atoms with Gasteiger partial charge < -0.3 is 11.1 Å². The number of amides is 1. The molecule has 0 bridgehead atoms. The molecule has 0 saturated carbocycles. The van der Waals surface area contributed by atoms with Crippen molar-refractivity contribution in [3.05, 3.63) is 12.7 Å². The van der Waals surface area contributed by atoms with Crippen molar-refractivity contribution in [2.45, 2.75) is 31.8 Å². The van der Waals surface area contributed by atoms with Gasteiger partial charge in [-0.2, -0.15) is 0 Å².